The molecular weight excluding hydrogens is 352 g/mol. The van der Waals surface area contributed by atoms with Crippen LogP contribution in [-0.4, -0.2) is 29.9 Å². The van der Waals surface area contributed by atoms with Crippen LogP contribution in [0.2, 0.25) is 5.02 Å². The third kappa shape index (κ3) is 5.49. The molecule has 138 valence electrons. The lowest BCUT2D eigenvalue weighted by Gasteiger charge is -2.27. The Morgan fingerprint density at radius 1 is 1.08 bits per heavy atom. The van der Waals surface area contributed by atoms with Gasteiger partial charge in [0.15, 0.2) is 0 Å². The van der Waals surface area contributed by atoms with Crippen molar-refractivity contribution in [3.63, 3.8) is 0 Å². The Bertz CT molecular complexity index is 745. The third-order valence-corrected chi connectivity index (χ3v) is 4.40. The molecule has 0 heterocycles. The van der Waals surface area contributed by atoms with Crippen LogP contribution < -0.4 is 10.1 Å². The van der Waals surface area contributed by atoms with E-state index in [0.29, 0.717) is 18.1 Å². The molecule has 0 aliphatic heterocycles. The van der Waals surface area contributed by atoms with Crippen molar-refractivity contribution < 1.29 is 14.3 Å². The highest BCUT2D eigenvalue weighted by molar-refractivity contribution is 6.30. The van der Waals surface area contributed by atoms with Crippen LogP contribution in [0.4, 0.5) is 0 Å². The lowest BCUT2D eigenvalue weighted by molar-refractivity contribution is -0.139. The first-order valence-corrected chi connectivity index (χ1v) is 8.71. The molecule has 2 amide bonds. The maximum atomic E-state index is 12.5. The molecule has 2 rings (SSSR count). The highest BCUT2D eigenvalue weighted by Crippen LogP contribution is 2.14. The standard InChI is InChI=1S/C20H23ClN2O3/c1-14(20(25)22-12-16-6-10-19(26-3)11-7-16)23(15(2)24)13-17-4-8-18(21)9-5-17/h4-11,14H,12-13H2,1-3H3,(H,22,25)/t14-/m1/s1. The second kappa shape index (κ2) is 9.25. The second-order valence-electron chi connectivity index (χ2n) is 6.02. The van der Waals surface area contributed by atoms with Crippen LogP contribution in [0.5, 0.6) is 5.75 Å². The summed E-state index contributed by atoms with van der Waals surface area (Å²) in [6.45, 7) is 3.92. The van der Waals surface area contributed by atoms with E-state index in [1.165, 1.54) is 11.8 Å². The Hall–Kier alpha value is -2.53. The monoisotopic (exact) mass is 374 g/mol. The van der Waals surface area contributed by atoms with Gasteiger partial charge in [0.2, 0.25) is 11.8 Å². The zero-order valence-electron chi connectivity index (χ0n) is 15.2. The van der Waals surface area contributed by atoms with E-state index >= 15 is 0 Å². The lowest BCUT2D eigenvalue weighted by atomic mass is 10.1. The van der Waals surface area contributed by atoms with Crippen molar-refractivity contribution in [2.75, 3.05) is 7.11 Å². The Morgan fingerprint density at radius 2 is 1.65 bits per heavy atom. The fourth-order valence-electron chi connectivity index (χ4n) is 2.53. The molecule has 6 heteroatoms. The fourth-order valence-corrected chi connectivity index (χ4v) is 2.66. The topological polar surface area (TPSA) is 58.6 Å². The van der Waals surface area contributed by atoms with Crippen molar-refractivity contribution in [3.05, 3.63) is 64.7 Å². The summed E-state index contributed by atoms with van der Waals surface area (Å²) < 4.78 is 5.11. The maximum absolute atomic E-state index is 12.5. The van der Waals surface area contributed by atoms with Crippen molar-refractivity contribution in [1.29, 1.82) is 0 Å². The van der Waals surface area contributed by atoms with Crippen LogP contribution >= 0.6 is 11.6 Å². The van der Waals surface area contributed by atoms with E-state index in [2.05, 4.69) is 5.32 Å². The Kier molecular flexibility index (Phi) is 7.04. The van der Waals surface area contributed by atoms with Crippen LogP contribution in [0.15, 0.2) is 48.5 Å². The summed E-state index contributed by atoms with van der Waals surface area (Å²) in [7, 11) is 1.61. The van der Waals surface area contributed by atoms with E-state index in [0.717, 1.165) is 16.9 Å². The normalized spacial score (nSPS) is 11.5. The minimum atomic E-state index is -0.582. The van der Waals surface area contributed by atoms with Gasteiger partial charge in [-0.1, -0.05) is 35.9 Å². The first kappa shape index (κ1) is 19.8. The predicted octanol–water partition coefficient (Wildman–Crippen LogP) is 3.40. The van der Waals surface area contributed by atoms with Gasteiger partial charge in [0, 0.05) is 25.0 Å². The van der Waals surface area contributed by atoms with Crippen LogP contribution in [0.3, 0.4) is 0 Å². The van der Waals surface area contributed by atoms with E-state index in [9.17, 15) is 9.59 Å². The molecule has 0 unspecified atom stereocenters. The number of nitrogens with one attached hydrogen (secondary N) is 1. The van der Waals surface area contributed by atoms with Gasteiger partial charge in [-0.25, -0.2) is 0 Å². The number of rotatable bonds is 7. The Balaban J connectivity index is 1.97. The first-order valence-electron chi connectivity index (χ1n) is 8.33. The smallest absolute Gasteiger partial charge is 0.242 e. The van der Waals surface area contributed by atoms with E-state index in [-0.39, 0.29) is 11.8 Å². The van der Waals surface area contributed by atoms with Crippen molar-refractivity contribution in [2.45, 2.75) is 33.0 Å². The summed E-state index contributed by atoms with van der Waals surface area (Å²) in [5.74, 6) is 0.399. The van der Waals surface area contributed by atoms with E-state index in [4.69, 9.17) is 16.3 Å². The first-order chi connectivity index (χ1) is 12.4. The Morgan fingerprint density at radius 3 is 2.19 bits per heavy atom. The number of hydrogen-bond donors (Lipinski definition) is 1. The molecule has 26 heavy (non-hydrogen) atoms. The molecule has 0 bridgehead atoms. The summed E-state index contributed by atoms with van der Waals surface area (Å²) in [4.78, 5) is 26.0. The number of carbonyl (C=O) groups excluding carboxylic acids is 2. The van der Waals surface area contributed by atoms with E-state index in [1.807, 2.05) is 36.4 Å². The van der Waals surface area contributed by atoms with Crippen molar-refractivity contribution in [2.24, 2.45) is 0 Å². The molecule has 0 radical (unpaired) electrons. The highest BCUT2D eigenvalue weighted by Gasteiger charge is 2.23. The lowest BCUT2D eigenvalue weighted by Crippen LogP contribution is -2.46. The van der Waals surface area contributed by atoms with E-state index in [1.54, 1.807) is 26.2 Å². The van der Waals surface area contributed by atoms with Gasteiger partial charge in [-0.2, -0.15) is 0 Å². The van der Waals surface area contributed by atoms with Gasteiger partial charge in [0.05, 0.1) is 7.11 Å². The number of amides is 2. The molecule has 1 N–H and O–H groups in total. The molecule has 5 nitrogen and oxygen atoms in total. The van der Waals surface area contributed by atoms with Gasteiger partial charge in [0.25, 0.3) is 0 Å². The summed E-state index contributed by atoms with van der Waals surface area (Å²) in [6, 6.07) is 14.1. The molecule has 0 aliphatic rings. The summed E-state index contributed by atoms with van der Waals surface area (Å²) in [6.07, 6.45) is 0. The molecule has 2 aromatic rings. The number of halogens is 1. The van der Waals surface area contributed by atoms with Gasteiger partial charge in [0.1, 0.15) is 11.8 Å². The molecular formula is C20H23ClN2O3. The van der Waals surface area contributed by atoms with Gasteiger partial charge < -0.3 is 15.0 Å². The molecule has 0 aliphatic carbocycles. The highest BCUT2D eigenvalue weighted by atomic mass is 35.5. The minimum absolute atomic E-state index is 0.160. The molecule has 0 aromatic heterocycles. The SMILES string of the molecule is COc1ccc(CNC(=O)[C@@H](C)N(Cc2ccc(Cl)cc2)C(C)=O)cc1. The number of methoxy groups -OCH3 is 1. The third-order valence-electron chi connectivity index (χ3n) is 4.14. The molecule has 0 spiro atoms. The van der Waals surface area contributed by atoms with Gasteiger partial charge in [-0.15, -0.1) is 0 Å². The number of hydrogen-bond acceptors (Lipinski definition) is 3. The van der Waals surface area contributed by atoms with Crippen LogP contribution in [-0.2, 0) is 22.7 Å². The molecule has 2 aromatic carbocycles. The summed E-state index contributed by atoms with van der Waals surface area (Å²) in [5, 5.41) is 3.50. The van der Waals surface area contributed by atoms with Gasteiger partial charge in [-0.05, 0) is 42.3 Å². The van der Waals surface area contributed by atoms with Crippen LogP contribution in [0.1, 0.15) is 25.0 Å². The predicted molar refractivity (Wildman–Crippen MR) is 102 cm³/mol. The largest absolute Gasteiger partial charge is 0.497 e. The molecule has 0 fully saturated rings. The molecule has 0 saturated heterocycles. The summed E-state index contributed by atoms with van der Waals surface area (Å²) in [5.41, 5.74) is 1.87. The molecule has 0 saturated carbocycles. The summed E-state index contributed by atoms with van der Waals surface area (Å²) >= 11 is 5.89. The fraction of sp³-hybridized carbons (Fsp3) is 0.300. The van der Waals surface area contributed by atoms with Gasteiger partial charge >= 0.3 is 0 Å². The quantitative estimate of drug-likeness (QED) is 0.808. The average molecular weight is 375 g/mol. The maximum Gasteiger partial charge on any atom is 0.242 e. The number of nitrogens with zero attached hydrogens (tertiary/aromatic N) is 1. The van der Waals surface area contributed by atoms with Crippen LogP contribution in [0.25, 0.3) is 0 Å². The Labute approximate surface area is 158 Å². The van der Waals surface area contributed by atoms with Crippen molar-refractivity contribution >= 4 is 23.4 Å². The van der Waals surface area contributed by atoms with E-state index < -0.39 is 6.04 Å². The van der Waals surface area contributed by atoms with Gasteiger partial charge in [-0.3, -0.25) is 9.59 Å². The average Bonchev–Trinajstić information content (AvgIpc) is 2.65. The number of carbonyl (C=O) groups is 2. The van der Waals surface area contributed by atoms with Crippen LogP contribution in [0, 0.1) is 0 Å². The molecule has 1 atom stereocenters. The van der Waals surface area contributed by atoms with Crippen molar-refractivity contribution in [1.82, 2.24) is 10.2 Å². The zero-order chi connectivity index (χ0) is 19.1. The van der Waals surface area contributed by atoms with Crippen molar-refractivity contribution in [3.8, 4) is 5.75 Å². The number of ether oxygens (including phenoxy) is 1. The zero-order valence-corrected chi connectivity index (χ0v) is 15.9. The number of benzene rings is 2. The second-order valence-corrected chi connectivity index (χ2v) is 6.45. The minimum Gasteiger partial charge on any atom is -0.497 e.